The fourth-order valence-corrected chi connectivity index (χ4v) is 1.96. The fraction of sp³-hybridized carbons (Fsp3) is 0.0833. The van der Waals surface area contributed by atoms with Gasteiger partial charge in [-0.2, -0.15) is 5.10 Å². The molecule has 0 unspecified atom stereocenters. The molecule has 6 heteroatoms. The van der Waals surface area contributed by atoms with Crippen LogP contribution in [-0.2, 0) is 7.05 Å². The molecule has 0 bridgehead atoms. The zero-order valence-electron chi connectivity index (χ0n) is 9.71. The number of carbonyl (C=O) groups excluding carboxylic acids is 1. The number of anilines is 1. The van der Waals surface area contributed by atoms with Crippen molar-refractivity contribution in [2.24, 2.45) is 7.05 Å². The Balaban J connectivity index is 2.25. The van der Waals surface area contributed by atoms with Crippen molar-refractivity contribution in [1.82, 2.24) is 19.7 Å². The van der Waals surface area contributed by atoms with E-state index in [1.807, 2.05) is 19.3 Å². The van der Waals surface area contributed by atoms with Crippen molar-refractivity contribution in [3.8, 4) is 11.3 Å². The smallest absolute Gasteiger partial charge is 0.152 e. The van der Waals surface area contributed by atoms with Crippen molar-refractivity contribution in [3.05, 3.63) is 30.2 Å². The molecule has 0 aromatic carbocycles. The lowest BCUT2D eigenvalue weighted by atomic mass is 10.1. The summed E-state index contributed by atoms with van der Waals surface area (Å²) in [5.41, 5.74) is 9.01. The largest absolute Gasteiger partial charge is 0.397 e. The summed E-state index contributed by atoms with van der Waals surface area (Å²) in [6.45, 7) is 0. The minimum atomic E-state index is 0.384. The van der Waals surface area contributed by atoms with Crippen molar-refractivity contribution < 1.29 is 4.79 Å². The van der Waals surface area contributed by atoms with Crippen LogP contribution in [0.5, 0.6) is 0 Å². The number of hydrogen-bond acceptors (Lipinski definition) is 4. The van der Waals surface area contributed by atoms with Crippen molar-refractivity contribution in [2.75, 3.05) is 5.73 Å². The normalized spacial score (nSPS) is 10.9. The first-order chi connectivity index (χ1) is 8.69. The summed E-state index contributed by atoms with van der Waals surface area (Å²) in [7, 11) is 1.85. The zero-order chi connectivity index (χ0) is 12.7. The van der Waals surface area contributed by atoms with Crippen LogP contribution in [0.2, 0.25) is 0 Å². The molecule has 0 amide bonds. The Hall–Kier alpha value is -2.63. The van der Waals surface area contributed by atoms with Gasteiger partial charge in [0.2, 0.25) is 0 Å². The SMILES string of the molecule is Cn1cc(-c2cc3c(C=O)c(N)cnc3[nH]2)cn1. The predicted octanol–water partition coefficient (Wildman–Crippen LogP) is 1.36. The highest BCUT2D eigenvalue weighted by molar-refractivity contribution is 6.02. The summed E-state index contributed by atoms with van der Waals surface area (Å²) in [5.74, 6) is 0. The Morgan fingerprint density at radius 1 is 1.44 bits per heavy atom. The van der Waals surface area contributed by atoms with Crippen LogP contribution in [0.3, 0.4) is 0 Å². The molecular weight excluding hydrogens is 230 g/mol. The van der Waals surface area contributed by atoms with Crippen LogP contribution >= 0.6 is 0 Å². The molecule has 0 aliphatic carbocycles. The molecule has 3 N–H and O–H groups in total. The van der Waals surface area contributed by atoms with Gasteiger partial charge in [-0.25, -0.2) is 4.98 Å². The van der Waals surface area contributed by atoms with Gasteiger partial charge in [-0.3, -0.25) is 9.48 Å². The number of nitrogens with one attached hydrogen (secondary N) is 1. The molecule has 0 fully saturated rings. The third kappa shape index (κ3) is 1.46. The van der Waals surface area contributed by atoms with Crippen LogP contribution in [0.25, 0.3) is 22.3 Å². The molecular formula is C12H11N5O. The van der Waals surface area contributed by atoms with Gasteiger partial charge >= 0.3 is 0 Å². The van der Waals surface area contributed by atoms with E-state index in [2.05, 4.69) is 15.1 Å². The van der Waals surface area contributed by atoms with E-state index >= 15 is 0 Å². The number of hydrogen-bond donors (Lipinski definition) is 2. The second-order valence-electron chi connectivity index (χ2n) is 4.09. The molecule has 6 nitrogen and oxygen atoms in total. The molecule has 3 aromatic heterocycles. The van der Waals surface area contributed by atoms with Crippen molar-refractivity contribution in [1.29, 1.82) is 0 Å². The van der Waals surface area contributed by atoms with E-state index in [-0.39, 0.29) is 0 Å². The van der Waals surface area contributed by atoms with Crippen molar-refractivity contribution in [3.63, 3.8) is 0 Å². The maximum Gasteiger partial charge on any atom is 0.152 e. The number of aromatic nitrogens is 4. The van der Waals surface area contributed by atoms with Crippen molar-refractivity contribution in [2.45, 2.75) is 0 Å². The topological polar surface area (TPSA) is 89.6 Å². The Bertz CT molecular complexity index is 740. The van der Waals surface area contributed by atoms with Gasteiger partial charge in [0.1, 0.15) is 5.65 Å². The van der Waals surface area contributed by atoms with Crippen LogP contribution < -0.4 is 5.73 Å². The lowest BCUT2D eigenvalue weighted by Gasteiger charge is -1.97. The number of aldehydes is 1. The Morgan fingerprint density at radius 2 is 2.28 bits per heavy atom. The summed E-state index contributed by atoms with van der Waals surface area (Å²) < 4.78 is 1.71. The molecule has 0 aliphatic rings. The number of carbonyl (C=O) groups is 1. The molecule has 3 heterocycles. The molecule has 3 rings (SSSR count). The van der Waals surface area contributed by atoms with E-state index in [9.17, 15) is 4.79 Å². The van der Waals surface area contributed by atoms with Crippen molar-refractivity contribution >= 4 is 23.0 Å². The van der Waals surface area contributed by atoms with E-state index in [1.165, 1.54) is 6.20 Å². The van der Waals surface area contributed by atoms with Gasteiger partial charge in [0.15, 0.2) is 6.29 Å². The van der Waals surface area contributed by atoms with Crippen LogP contribution in [0.15, 0.2) is 24.7 Å². The summed E-state index contributed by atoms with van der Waals surface area (Å²) >= 11 is 0. The second kappa shape index (κ2) is 3.69. The average Bonchev–Trinajstić information content (AvgIpc) is 2.94. The molecule has 3 aromatic rings. The Morgan fingerprint density at radius 3 is 2.94 bits per heavy atom. The van der Waals surface area contributed by atoms with Gasteiger partial charge in [-0.1, -0.05) is 0 Å². The third-order valence-corrected chi connectivity index (χ3v) is 2.86. The first-order valence-corrected chi connectivity index (χ1v) is 5.40. The number of rotatable bonds is 2. The molecule has 18 heavy (non-hydrogen) atoms. The first kappa shape index (κ1) is 10.5. The number of nitrogens with zero attached hydrogens (tertiary/aromatic N) is 3. The van der Waals surface area contributed by atoms with Crippen LogP contribution in [-0.4, -0.2) is 26.0 Å². The first-order valence-electron chi connectivity index (χ1n) is 5.40. The molecule has 0 spiro atoms. The summed E-state index contributed by atoms with van der Waals surface area (Å²) in [6, 6.07) is 1.86. The fourth-order valence-electron chi connectivity index (χ4n) is 1.96. The summed E-state index contributed by atoms with van der Waals surface area (Å²) in [5, 5.41) is 4.83. The summed E-state index contributed by atoms with van der Waals surface area (Å²) in [4.78, 5) is 18.4. The van der Waals surface area contributed by atoms with Gasteiger partial charge in [-0.15, -0.1) is 0 Å². The number of nitrogen functional groups attached to an aromatic ring is 1. The lowest BCUT2D eigenvalue weighted by Crippen LogP contribution is -1.94. The predicted molar refractivity (Wildman–Crippen MR) is 68.1 cm³/mol. The second-order valence-corrected chi connectivity index (χ2v) is 4.09. The highest BCUT2D eigenvalue weighted by Gasteiger charge is 2.11. The number of aryl methyl sites for hydroxylation is 1. The molecule has 0 atom stereocenters. The average molecular weight is 241 g/mol. The van der Waals surface area contributed by atoms with Gasteiger partial charge in [-0.05, 0) is 6.07 Å². The molecule has 0 saturated carbocycles. The third-order valence-electron chi connectivity index (χ3n) is 2.86. The monoisotopic (exact) mass is 241 g/mol. The van der Waals surface area contributed by atoms with Crippen LogP contribution in [0.4, 0.5) is 5.69 Å². The highest BCUT2D eigenvalue weighted by atomic mass is 16.1. The zero-order valence-corrected chi connectivity index (χ0v) is 9.71. The van der Waals surface area contributed by atoms with E-state index in [4.69, 9.17) is 5.73 Å². The number of fused-ring (bicyclic) bond motifs is 1. The van der Waals surface area contributed by atoms with Gasteiger partial charge in [0.05, 0.1) is 23.8 Å². The molecule has 0 radical (unpaired) electrons. The number of pyridine rings is 1. The van der Waals surface area contributed by atoms with Gasteiger partial charge in [0, 0.05) is 29.8 Å². The van der Waals surface area contributed by atoms with E-state index in [1.54, 1.807) is 10.9 Å². The lowest BCUT2D eigenvalue weighted by molar-refractivity contribution is 0.112. The minimum absolute atomic E-state index is 0.384. The van der Waals surface area contributed by atoms with Crippen LogP contribution in [0, 0.1) is 0 Å². The molecule has 0 aliphatic heterocycles. The van der Waals surface area contributed by atoms with Gasteiger partial charge in [0.25, 0.3) is 0 Å². The number of nitrogens with two attached hydrogens (primary N) is 1. The maximum atomic E-state index is 11.1. The Labute approximate surface area is 102 Å². The molecule has 90 valence electrons. The quantitative estimate of drug-likeness (QED) is 0.663. The standard InChI is InChI=1S/C12H11N5O/c1-17-5-7(3-15-17)11-2-8-9(6-18)10(13)4-14-12(8)16-11/h2-6H,13H2,1H3,(H,14,16). The maximum absolute atomic E-state index is 11.1. The summed E-state index contributed by atoms with van der Waals surface area (Å²) in [6.07, 6.45) is 5.86. The van der Waals surface area contributed by atoms with E-state index in [0.29, 0.717) is 16.9 Å². The van der Waals surface area contributed by atoms with E-state index in [0.717, 1.165) is 22.9 Å². The minimum Gasteiger partial charge on any atom is -0.397 e. The number of H-pyrrole nitrogens is 1. The molecule has 0 saturated heterocycles. The van der Waals surface area contributed by atoms with Gasteiger partial charge < -0.3 is 10.7 Å². The van der Waals surface area contributed by atoms with E-state index < -0.39 is 0 Å². The highest BCUT2D eigenvalue weighted by Crippen LogP contribution is 2.26. The Kier molecular flexibility index (Phi) is 2.16. The van der Waals surface area contributed by atoms with Crippen LogP contribution in [0.1, 0.15) is 10.4 Å². The number of aromatic amines is 1.